The molecule has 27 heavy (non-hydrogen) atoms. The summed E-state index contributed by atoms with van der Waals surface area (Å²) in [4.78, 5) is 0. The normalized spacial score (nSPS) is 10.5. The number of thiocarbonyl (C=S) groups is 1. The van der Waals surface area contributed by atoms with Crippen LogP contribution in [0.1, 0.15) is 11.1 Å². The van der Waals surface area contributed by atoms with Crippen LogP contribution in [-0.2, 0) is 6.61 Å². The van der Waals surface area contributed by atoms with Gasteiger partial charge in [-0.15, -0.1) is 6.58 Å². The van der Waals surface area contributed by atoms with Crippen LogP contribution in [-0.4, -0.2) is 25.0 Å². The lowest BCUT2D eigenvalue weighted by Crippen LogP contribution is -2.31. The van der Waals surface area contributed by atoms with Crippen LogP contribution in [0.15, 0.2) is 54.2 Å². The summed E-state index contributed by atoms with van der Waals surface area (Å²) in [5, 5.41) is 8.14. The molecule has 0 saturated carbocycles. The molecule has 0 amide bonds. The van der Waals surface area contributed by atoms with E-state index in [0.29, 0.717) is 34.8 Å². The molecule has 0 bridgehead atoms. The van der Waals surface area contributed by atoms with Crippen LogP contribution in [0.25, 0.3) is 0 Å². The van der Waals surface area contributed by atoms with Gasteiger partial charge in [-0.05, 0) is 58.6 Å². The highest BCUT2D eigenvalue weighted by Crippen LogP contribution is 2.34. The van der Waals surface area contributed by atoms with Gasteiger partial charge in [-0.3, -0.25) is 5.43 Å². The fourth-order valence-electron chi connectivity index (χ4n) is 2.09. The number of nitrogens with one attached hydrogen (secondary N) is 2. The van der Waals surface area contributed by atoms with Crippen LogP contribution in [0.3, 0.4) is 0 Å². The first-order valence-corrected chi connectivity index (χ1v) is 9.83. The zero-order valence-corrected chi connectivity index (χ0v) is 18.4. The van der Waals surface area contributed by atoms with Crippen molar-refractivity contribution < 1.29 is 9.47 Å². The standard InChI is InChI=1S/C19H19ClIN3O2S/c1-3-8-22-19(27)24-23-11-13-9-16(21)18(17(10-13)25-2)26-12-14-6-4-5-7-15(14)20/h3-7,9-11H,1,8,12H2,2H3,(H2,22,24,27). The molecule has 2 aromatic carbocycles. The SMILES string of the molecule is C=CCNC(=S)NN=Cc1cc(I)c(OCc2ccccc2Cl)c(OC)c1. The molecule has 2 aromatic rings. The number of hydrogen-bond donors (Lipinski definition) is 2. The number of benzene rings is 2. The molecule has 0 radical (unpaired) electrons. The lowest BCUT2D eigenvalue weighted by Gasteiger charge is -2.14. The Labute approximate surface area is 182 Å². The van der Waals surface area contributed by atoms with E-state index >= 15 is 0 Å². The molecule has 5 nitrogen and oxygen atoms in total. The van der Waals surface area contributed by atoms with Gasteiger partial charge < -0.3 is 14.8 Å². The third-order valence-corrected chi connectivity index (χ3v) is 4.77. The monoisotopic (exact) mass is 515 g/mol. The molecular weight excluding hydrogens is 497 g/mol. The van der Waals surface area contributed by atoms with Crippen LogP contribution in [0.5, 0.6) is 11.5 Å². The van der Waals surface area contributed by atoms with E-state index in [1.165, 1.54) is 0 Å². The Balaban J connectivity index is 2.08. The van der Waals surface area contributed by atoms with Crippen LogP contribution in [0.4, 0.5) is 0 Å². The molecule has 0 spiro atoms. The van der Waals surface area contributed by atoms with Crippen molar-refractivity contribution in [1.82, 2.24) is 10.7 Å². The minimum Gasteiger partial charge on any atom is -0.493 e. The van der Waals surface area contributed by atoms with Crippen molar-refractivity contribution in [1.29, 1.82) is 0 Å². The zero-order valence-electron chi connectivity index (χ0n) is 14.7. The van der Waals surface area contributed by atoms with Crippen LogP contribution >= 0.6 is 46.4 Å². The van der Waals surface area contributed by atoms with Gasteiger partial charge in [0.15, 0.2) is 16.6 Å². The highest BCUT2D eigenvalue weighted by Gasteiger charge is 2.12. The van der Waals surface area contributed by atoms with E-state index < -0.39 is 0 Å². The molecular formula is C19H19ClIN3O2S. The lowest BCUT2D eigenvalue weighted by molar-refractivity contribution is 0.282. The van der Waals surface area contributed by atoms with Gasteiger partial charge in [0, 0.05) is 17.1 Å². The Morgan fingerprint density at radius 2 is 2.15 bits per heavy atom. The molecule has 0 aromatic heterocycles. The van der Waals surface area contributed by atoms with Crippen molar-refractivity contribution in [2.75, 3.05) is 13.7 Å². The largest absolute Gasteiger partial charge is 0.493 e. The molecule has 142 valence electrons. The minimum atomic E-state index is 0.351. The Hall–Kier alpha value is -1.84. The van der Waals surface area contributed by atoms with Crippen LogP contribution in [0.2, 0.25) is 5.02 Å². The highest BCUT2D eigenvalue weighted by molar-refractivity contribution is 14.1. The summed E-state index contributed by atoms with van der Waals surface area (Å²) in [6.07, 6.45) is 3.37. The average Bonchev–Trinajstić information content (AvgIpc) is 2.66. The van der Waals surface area contributed by atoms with E-state index in [-0.39, 0.29) is 0 Å². The number of rotatable bonds is 8. The van der Waals surface area contributed by atoms with E-state index in [1.54, 1.807) is 19.4 Å². The number of hydrogen-bond acceptors (Lipinski definition) is 4. The van der Waals surface area contributed by atoms with Crippen molar-refractivity contribution >= 4 is 57.7 Å². The maximum Gasteiger partial charge on any atom is 0.187 e. The summed E-state index contributed by atoms with van der Waals surface area (Å²) in [6, 6.07) is 11.4. The van der Waals surface area contributed by atoms with Gasteiger partial charge in [0.25, 0.3) is 0 Å². The first kappa shape index (κ1) is 21.5. The number of ether oxygens (including phenoxy) is 2. The molecule has 0 aliphatic carbocycles. The predicted molar refractivity (Wildman–Crippen MR) is 123 cm³/mol. The van der Waals surface area contributed by atoms with Crippen molar-refractivity contribution in [2.45, 2.75) is 6.61 Å². The number of halogens is 2. The van der Waals surface area contributed by atoms with Crippen LogP contribution in [0, 0.1) is 3.57 Å². The molecule has 2 rings (SSSR count). The molecule has 0 heterocycles. The van der Waals surface area contributed by atoms with E-state index in [2.05, 4.69) is 45.0 Å². The molecule has 0 atom stereocenters. The predicted octanol–water partition coefficient (Wildman–Crippen LogP) is 4.52. The smallest absolute Gasteiger partial charge is 0.187 e. The summed E-state index contributed by atoms with van der Waals surface area (Å²) in [5.41, 5.74) is 4.50. The maximum atomic E-state index is 6.19. The molecule has 0 saturated heterocycles. The van der Waals surface area contributed by atoms with Gasteiger partial charge in [0.05, 0.1) is 16.9 Å². The van der Waals surface area contributed by atoms with Gasteiger partial charge in [-0.2, -0.15) is 5.10 Å². The highest BCUT2D eigenvalue weighted by atomic mass is 127. The first-order chi connectivity index (χ1) is 13.0. The van der Waals surface area contributed by atoms with Crippen molar-refractivity contribution in [3.05, 3.63) is 68.8 Å². The van der Waals surface area contributed by atoms with Gasteiger partial charge in [0.2, 0.25) is 0 Å². The topological polar surface area (TPSA) is 54.9 Å². The minimum absolute atomic E-state index is 0.351. The maximum absolute atomic E-state index is 6.19. The second-order valence-corrected chi connectivity index (χ2v) is 7.26. The summed E-state index contributed by atoms with van der Waals surface area (Å²) >= 11 is 13.5. The lowest BCUT2D eigenvalue weighted by atomic mass is 10.2. The fraction of sp³-hybridized carbons (Fsp3) is 0.158. The summed E-state index contributed by atoms with van der Waals surface area (Å²) in [5.74, 6) is 1.27. The Morgan fingerprint density at radius 3 is 2.85 bits per heavy atom. The second kappa shape index (κ2) is 11.1. The van der Waals surface area contributed by atoms with Gasteiger partial charge in [-0.1, -0.05) is 35.9 Å². The molecule has 0 aliphatic heterocycles. The quantitative estimate of drug-likeness (QED) is 0.178. The summed E-state index contributed by atoms with van der Waals surface area (Å²) in [6.45, 7) is 4.54. The third-order valence-electron chi connectivity index (χ3n) is 3.37. The molecule has 0 aliphatic rings. The van der Waals surface area contributed by atoms with Crippen LogP contribution < -0.4 is 20.2 Å². The van der Waals surface area contributed by atoms with Crippen molar-refractivity contribution in [2.24, 2.45) is 5.10 Å². The third kappa shape index (κ3) is 6.67. The number of nitrogens with zero attached hydrogens (tertiary/aromatic N) is 1. The molecule has 2 N–H and O–H groups in total. The Morgan fingerprint density at radius 1 is 1.37 bits per heavy atom. The van der Waals surface area contributed by atoms with Gasteiger partial charge in [0.1, 0.15) is 6.61 Å². The molecule has 0 unspecified atom stereocenters. The zero-order chi connectivity index (χ0) is 19.6. The van der Waals surface area contributed by atoms with E-state index in [9.17, 15) is 0 Å². The van der Waals surface area contributed by atoms with Crippen molar-refractivity contribution in [3.63, 3.8) is 0 Å². The molecule has 8 heteroatoms. The fourth-order valence-corrected chi connectivity index (χ4v) is 3.20. The number of methoxy groups -OCH3 is 1. The van der Waals surface area contributed by atoms with E-state index in [4.69, 9.17) is 33.3 Å². The second-order valence-electron chi connectivity index (χ2n) is 5.28. The Kier molecular flexibility index (Phi) is 8.83. The molecule has 0 fully saturated rings. The number of hydrazone groups is 1. The first-order valence-electron chi connectivity index (χ1n) is 7.96. The van der Waals surface area contributed by atoms with Gasteiger partial charge >= 0.3 is 0 Å². The average molecular weight is 516 g/mol. The summed E-state index contributed by atoms with van der Waals surface area (Å²) in [7, 11) is 1.60. The Bertz CT molecular complexity index is 846. The van der Waals surface area contributed by atoms with E-state index in [1.807, 2.05) is 36.4 Å². The van der Waals surface area contributed by atoms with Crippen molar-refractivity contribution in [3.8, 4) is 11.5 Å². The summed E-state index contributed by atoms with van der Waals surface area (Å²) < 4.78 is 12.3. The van der Waals surface area contributed by atoms with Gasteiger partial charge in [-0.25, -0.2) is 0 Å². The van der Waals surface area contributed by atoms with E-state index in [0.717, 1.165) is 14.7 Å².